The summed E-state index contributed by atoms with van der Waals surface area (Å²) in [5, 5.41) is 9.38. The second kappa shape index (κ2) is 10.5. The summed E-state index contributed by atoms with van der Waals surface area (Å²) in [6.07, 6.45) is 4.32. The van der Waals surface area contributed by atoms with E-state index in [2.05, 4.69) is 25.7 Å². The monoisotopic (exact) mass is 472 g/mol. The van der Waals surface area contributed by atoms with Gasteiger partial charge in [-0.25, -0.2) is 14.1 Å². The van der Waals surface area contributed by atoms with Crippen LogP contribution in [0.25, 0.3) is 17.2 Å². The number of hydrogen-bond donors (Lipinski definition) is 2. The van der Waals surface area contributed by atoms with Crippen LogP contribution in [0.3, 0.4) is 0 Å². The summed E-state index contributed by atoms with van der Waals surface area (Å²) in [5.74, 6) is -2.42. The molecular formula is C25H21FN6O3. The number of halogens is 1. The van der Waals surface area contributed by atoms with E-state index in [0.717, 1.165) is 11.8 Å². The van der Waals surface area contributed by atoms with Crippen molar-refractivity contribution in [2.75, 3.05) is 7.05 Å². The zero-order chi connectivity index (χ0) is 24.8. The average molecular weight is 472 g/mol. The van der Waals surface area contributed by atoms with Crippen molar-refractivity contribution in [3.8, 4) is 17.2 Å². The highest BCUT2D eigenvalue weighted by molar-refractivity contribution is 6.38. The molecule has 0 saturated carbocycles. The lowest BCUT2D eigenvalue weighted by atomic mass is 10.0. The third-order valence-electron chi connectivity index (χ3n) is 5.18. The van der Waals surface area contributed by atoms with Gasteiger partial charge in [0.25, 0.3) is 11.8 Å². The molecule has 4 aromatic rings. The maximum Gasteiger partial charge on any atom is 0.289 e. The number of ketones is 1. The standard InChI is InChI=1S/C25H21FN6O3/c1-27-25(35)22(33)21(14-16-6-3-2-4-7-16)30-24(34)18-8-5-12-28-23(18)32-13-11-20(31-32)19-10-9-17(26)15-29-19/h2-13,15,21H,14H2,1H3,(H,27,35)(H,30,34). The molecule has 9 nitrogen and oxygen atoms in total. The quantitative estimate of drug-likeness (QED) is 0.379. The summed E-state index contributed by atoms with van der Waals surface area (Å²) >= 11 is 0. The Labute approximate surface area is 200 Å². The van der Waals surface area contributed by atoms with E-state index in [1.54, 1.807) is 36.5 Å². The van der Waals surface area contributed by atoms with Gasteiger partial charge in [0.2, 0.25) is 5.78 Å². The van der Waals surface area contributed by atoms with Crippen LogP contribution in [0.1, 0.15) is 15.9 Å². The Kier molecular flexibility index (Phi) is 7.01. The number of nitrogens with one attached hydrogen (secondary N) is 2. The number of rotatable bonds is 8. The maximum absolute atomic E-state index is 13.2. The first-order chi connectivity index (χ1) is 17.0. The number of amides is 2. The fraction of sp³-hybridized carbons (Fsp3) is 0.120. The first kappa shape index (κ1) is 23.4. The van der Waals surface area contributed by atoms with Gasteiger partial charge in [-0.3, -0.25) is 19.4 Å². The molecule has 176 valence electrons. The van der Waals surface area contributed by atoms with Crippen molar-refractivity contribution in [2.24, 2.45) is 0 Å². The Morgan fingerprint density at radius 3 is 2.49 bits per heavy atom. The van der Waals surface area contributed by atoms with E-state index >= 15 is 0 Å². The highest BCUT2D eigenvalue weighted by Gasteiger charge is 2.28. The minimum Gasteiger partial charge on any atom is -0.353 e. The smallest absolute Gasteiger partial charge is 0.289 e. The van der Waals surface area contributed by atoms with Crippen LogP contribution in [0.15, 0.2) is 79.3 Å². The Hall–Kier alpha value is -4.73. The molecule has 1 unspecified atom stereocenters. The van der Waals surface area contributed by atoms with Crippen LogP contribution in [0, 0.1) is 5.82 Å². The van der Waals surface area contributed by atoms with Crippen molar-refractivity contribution in [1.29, 1.82) is 0 Å². The van der Waals surface area contributed by atoms with Crippen LogP contribution in [-0.4, -0.2) is 50.4 Å². The van der Waals surface area contributed by atoms with Crippen LogP contribution in [0.4, 0.5) is 4.39 Å². The van der Waals surface area contributed by atoms with Crippen LogP contribution < -0.4 is 10.6 Å². The Morgan fingerprint density at radius 2 is 1.77 bits per heavy atom. The van der Waals surface area contributed by atoms with E-state index in [-0.39, 0.29) is 17.8 Å². The van der Waals surface area contributed by atoms with Crippen molar-refractivity contribution in [3.05, 3.63) is 96.2 Å². The Morgan fingerprint density at radius 1 is 0.971 bits per heavy atom. The topological polar surface area (TPSA) is 119 Å². The average Bonchev–Trinajstić information content (AvgIpc) is 3.38. The molecule has 2 amide bonds. The number of nitrogens with zero attached hydrogens (tertiary/aromatic N) is 4. The number of Topliss-reactive ketones (excluding diaryl/α,β-unsaturated/α-hetero) is 1. The molecule has 0 aliphatic rings. The van der Waals surface area contributed by atoms with E-state index in [1.807, 2.05) is 18.2 Å². The van der Waals surface area contributed by atoms with Crippen molar-refractivity contribution >= 4 is 17.6 Å². The van der Waals surface area contributed by atoms with E-state index < -0.39 is 29.5 Å². The van der Waals surface area contributed by atoms with Gasteiger partial charge in [0.15, 0.2) is 5.82 Å². The van der Waals surface area contributed by atoms with Crippen LogP contribution in [0.5, 0.6) is 0 Å². The summed E-state index contributed by atoms with van der Waals surface area (Å²) in [6.45, 7) is 0. The highest BCUT2D eigenvalue weighted by Crippen LogP contribution is 2.18. The van der Waals surface area contributed by atoms with Crippen molar-refractivity contribution in [3.63, 3.8) is 0 Å². The number of likely N-dealkylation sites (N-methyl/N-ethyl adjacent to an activating group) is 1. The first-order valence-electron chi connectivity index (χ1n) is 10.7. The summed E-state index contributed by atoms with van der Waals surface area (Å²) < 4.78 is 14.6. The molecule has 0 fully saturated rings. The number of pyridine rings is 2. The van der Waals surface area contributed by atoms with Crippen LogP contribution >= 0.6 is 0 Å². The van der Waals surface area contributed by atoms with Gasteiger partial charge < -0.3 is 10.6 Å². The molecule has 1 aromatic carbocycles. The Balaban J connectivity index is 1.61. The van der Waals surface area contributed by atoms with E-state index in [1.165, 1.54) is 30.1 Å². The number of carbonyl (C=O) groups excluding carboxylic acids is 3. The van der Waals surface area contributed by atoms with Crippen LogP contribution in [0.2, 0.25) is 0 Å². The maximum atomic E-state index is 13.2. The lowest BCUT2D eigenvalue weighted by Crippen LogP contribution is -2.48. The molecule has 0 spiro atoms. The summed E-state index contributed by atoms with van der Waals surface area (Å²) in [4.78, 5) is 46.3. The minimum absolute atomic E-state index is 0.135. The lowest BCUT2D eigenvalue weighted by Gasteiger charge is -2.18. The Bertz CT molecular complexity index is 1360. The third kappa shape index (κ3) is 5.44. The van der Waals surface area contributed by atoms with Crippen molar-refractivity contribution < 1.29 is 18.8 Å². The molecule has 0 aliphatic heterocycles. The molecule has 3 heterocycles. The van der Waals surface area contributed by atoms with Crippen molar-refractivity contribution in [2.45, 2.75) is 12.5 Å². The molecular weight excluding hydrogens is 451 g/mol. The minimum atomic E-state index is -1.09. The molecule has 10 heteroatoms. The van der Waals surface area contributed by atoms with E-state index in [4.69, 9.17) is 0 Å². The first-order valence-corrected chi connectivity index (χ1v) is 10.7. The molecule has 0 radical (unpaired) electrons. The molecule has 4 rings (SSSR count). The number of carbonyl (C=O) groups is 3. The number of aromatic nitrogens is 4. The second-order valence-corrected chi connectivity index (χ2v) is 7.54. The SMILES string of the molecule is CNC(=O)C(=O)C(Cc1ccccc1)NC(=O)c1cccnc1-n1ccc(-c2ccc(F)cn2)n1. The molecule has 2 N–H and O–H groups in total. The summed E-state index contributed by atoms with van der Waals surface area (Å²) in [7, 11) is 1.35. The largest absolute Gasteiger partial charge is 0.353 e. The predicted octanol–water partition coefficient (Wildman–Crippen LogP) is 2.12. The van der Waals surface area contributed by atoms with Gasteiger partial charge in [-0.2, -0.15) is 5.10 Å². The molecule has 0 bridgehead atoms. The predicted molar refractivity (Wildman–Crippen MR) is 125 cm³/mol. The highest BCUT2D eigenvalue weighted by atomic mass is 19.1. The van der Waals surface area contributed by atoms with Gasteiger partial charge in [-0.05, 0) is 35.9 Å². The second-order valence-electron chi connectivity index (χ2n) is 7.54. The zero-order valence-electron chi connectivity index (χ0n) is 18.7. The molecule has 1 atom stereocenters. The third-order valence-corrected chi connectivity index (χ3v) is 5.18. The zero-order valence-corrected chi connectivity index (χ0v) is 18.7. The van der Waals surface area contributed by atoms with E-state index in [9.17, 15) is 18.8 Å². The fourth-order valence-corrected chi connectivity index (χ4v) is 3.44. The van der Waals surface area contributed by atoms with Gasteiger partial charge >= 0.3 is 0 Å². The van der Waals surface area contributed by atoms with Gasteiger partial charge in [0.1, 0.15) is 17.6 Å². The van der Waals surface area contributed by atoms with Gasteiger partial charge in [0.05, 0.1) is 17.5 Å². The molecule has 3 aromatic heterocycles. The van der Waals surface area contributed by atoms with E-state index in [0.29, 0.717) is 11.4 Å². The van der Waals surface area contributed by atoms with Crippen molar-refractivity contribution in [1.82, 2.24) is 30.4 Å². The fourth-order valence-electron chi connectivity index (χ4n) is 3.44. The normalized spacial score (nSPS) is 11.5. The number of hydrogen-bond acceptors (Lipinski definition) is 6. The summed E-state index contributed by atoms with van der Waals surface area (Å²) in [6, 6.07) is 15.5. The van der Waals surface area contributed by atoms with Gasteiger partial charge in [0, 0.05) is 25.9 Å². The van der Waals surface area contributed by atoms with Gasteiger partial charge in [-0.15, -0.1) is 0 Å². The van der Waals surface area contributed by atoms with Gasteiger partial charge in [-0.1, -0.05) is 30.3 Å². The molecule has 0 aliphatic carbocycles. The lowest BCUT2D eigenvalue weighted by molar-refractivity contribution is -0.138. The number of benzene rings is 1. The van der Waals surface area contributed by atoms with Crippen LogP contribution in [-0.2, 0) is 16.0 Å². The molecule has 0 saturated heterocycles. The molecule has 35 heavy (non-hydrogen) atoms. The summed E-state index contributed by atoms with van der Waals surface area (Å²) in [5.41, 5.74) is 1.84.